The molecule has 8 heteroatoms. The van der Waals surface area contributed by atoms with E-state index in [2.05, 4.69) is 14.7 Å². The summed E-state index contributed by atoms with van der Waals surface area (Å²) in [6, 6.07) is 11.9. The molecule has 27 heavy (non-hydrogen) atoms. The number of aliphatic hydroxyl groups is 1. The smallest absolute Gasteiger partial charge is 0.240 e. The summed E-state index contributed by atoms with van der Waals surface area (Å²) in [5, 5.41) is 19.8. The molecule has 2 aromatic carbocycles. The summed E-state index contributed by atoms with van der Waals surface area (Å²) in [5.74, 6) is 0.0116. The zero-order valence-electron chi connectivity index (χ0n) is 14.8. The van der Waals surface area contributed by atoms with Crippen LogP contribution in [-0.4, -0.2) is 43.0 Å². The van der Waals surface area contributed by atoms with E-state index in [1.54, 1.807) is 12.1 Å². The normalized spacial score (nSPS) is 12.2. The molecule has 4 N–H and O–H groups in total. The molecule has 0 aliphatic heterocycles. The van der Waals surface area contributed by atoms with Gasteiger partial charge >= 0.3 is 0 Å². The van der Waals surface area contributed by atoms with Crippen LogP contribution in [-0.2, 0) is 10.0 Å². The maximum Gasteiger partial charge on any atom is 0.240 e. The molecule has 0 bridgehead atoms. The van der Waals surface area contributed by atoms with Gasteiger partial charge in [0, 0.05) is 30.3 Å². The van der Waals surface area contributed by atoms with Crippen LogP contribution in [0.25, 0.3) is 10.9 Å². The number of aromatic nitrogens is 1. The van der Waals surface area contributed by atoms with E-state index in [-0.39, 0.29) is 23.9 Å². The number of sulfonamides is 1. The van der Waals surface area contributed by atoms with Crippen LogP contribution in [0.1, 0.15) is 17.5 Å². The Balaban J connectivity index is 1.90. The van der Waals surface area contributed by atoms with Gasteiger partial charge in [-0.15, -0.1) is 0 Å². The summed E-state index contributed by atoms with van der Waals surface area (Å²) in [6.45, 7) is 2.02. The van der Waals surface area contributed by atoms with Crippen LogP contribution in [0, 0.1) is 6.92 Å². The summed E-state index contributed by atoms with van der Waals surface area (Å²) in [5.41, 5.74) is 2.80. The first kappa shape index (κ1) is 19.1. The molecule has 0 unspecified atom stereocenters. The topological polar surface area (TPSA) is 115 Å². The fourth-order valence-corrected chi connectivity index (χ4v) is 3.92. The van der Waals surface area contributed by atoms with Crippen LogP contribution < -0.4 is 4.72 Å². The van der Waals surface area contributed by atoms with E-state index in [4.69, 9.17) is 5.11 Å². The Kier molecular flexibility index (Phi) is 5.59. The standard InChI is InChI=1S/C19H21N3O4S/c1-13-5-2-8-17-18(13)16(19(24)22-17)12-20-14-6-3-7-15(11-14)27(25,26)21-9-4-10-23/h2-3,5-8,11-12,21-24H,4,9-10H2,1H3. The second kappa shape index (κ2) is 7.91. The van der Waals surface area contributed by atoms with Gasteiger partial charge in [-0.2, -0.15) is 0 Å². The van der Waals surface area contributed by atoms with Crippen molar-refractivity contribution < 1.29 is 18.6 Å². The van der Waals surface area contributed by atoms with Gasteiger partial charge in [-0.3, -0.25) is 4.99 Å². The molecule has 0 radical (unpaired) electrons. The monoisotopic (exact) mass is 387 g/mol. The van der Waals surface area contributed by atoms with E-state index >= 15 is 0 Å². The van der Waals surface area contributed by atoms with Crippen molar-refractivity contribution in [2.45, 2.75) is 18.2 Å². The molecule has 142 valence electrons. The molecular weight excluding hydrogens is 366 g/mol. The van der Waals surface area contributed by atoms with Crippen molar-refractivity contribution in [1.29, 1.82) is 0 Å². The lowest BCUT2D eigenvalue weighted by Gasteiger charge is -2.06. The van der Waals surface area contributed by atoms with E-state index in [0.717, 1.165) is 16.5 Å². The summed E-state index contributed by atoms with van der Waals surface area (Å²) in [7, 11) is -3.67. The molecule has 1 aromatic heterocycles. The Morgan fingerprint density at radius 1 is 1.22 bits per heavy atom. The predicted molar refractivity (Wildman–Crippen MR) is 105 cm³/mol. The number of hydrogen-bond acceptors (Lipinski definition) is 5. The number of rotatable bonds is 7. The van der Waals surface area contributed by atoms with Crippen LogP contribution in [0.4, 0.5) is 5.69 Å². The predicted octanol–water partition coefficient (Wildman–Crippen LogP) is 2.59. The van der Waals surface area contributed by atoms with Gasteiger partial charge in [-0.05, 0) is 43.2 Å². The van der Waals surface area contributed by atoms with Crippen molar-refractivity contribution in [3.8, 4) is 5.88 Å². The van der Waals surface area contributed by atoms with Gasteiger partial charge in [0.05, 0.1) is 16.1 Å². The highest BCUT2D eigenvalue weighted by Gasteiger charge is 2.14. The van der Waals surface area contributed by atoms with Crippen molar-refractivity contribution in [2.24, 2.45) is 4.99 Å². The van der Waals surface area contributed by atoms with Crippen molar-refractivity contribution in [3.63, 3.8) is 0 Å². The molecule has 0 fully saturated rings. The quantitative estimate of drug-likeness (QED) is 0.368. The molecule has 3 rings (SSSR count). The second-order valence-electron chi connectivity index (χ2n) is 6.12. The molecular formula is C19H21N3O4S. The number of aliphatic imine (C=N–C) groups is 1. The Bertz CT molecular complexity index is 1090. The van der Waals surface area contributed by atoms with E-state index in [1.165, 1.54) is 18.3 Å². The first-order valence-corrected chi connectivity index (χ1v) is 9.95. The second-order valence-corrected chi connectivity index (χ2v) is 7.88. The van der Waals surface area contributed by atoms with Crippen LogP contribution in [0.15, 0.2) is 52.4 Å². The Morgan fingerprint density at radius 3 is 2.78 bits per heavy atom. The number of fused-ring (bicyclic) bond motifs is 1. The van der Waals surface area contributed by atoms with E-state index in [0.29, 0.717) is 17.7 Å². The maximum atomic E-state index is 12.3. The zero-order chi connectivity index (χ0) is 19.4. The number of benzene rings is 2. The number of H-pyrrole nitrogens is 1. The van der Waals surface area contributed by atoms with E-state index in [9.17, 15) is 13.5 Å². The Morgan fingerprint density at radius 2 is 2.00 bits per heavy atom. The third kappa shape index (κ3) is 4.19. The highest BCUT2D eigenvalue weighted by Crippen LogP contribution is 2.29. The first-order valence-electron chi connectivity index (χ1n) is 8.47. The first-order chi connectivity index (χ1) is 12.9. The molecule has 3 aromatic rings. The Labute approximate surface area is 157 Å². The lowest BCUT2D eigenvalue weighted by Crippen LogP contribution is -2.25. The molecule has 0 aliphatic carbocycles. The molecule has 0 saturated carbocycles. The van der Waals surface area contributed by atoms with Crippen molar-refractivity contribution in [2.75, 3.05) is 13.2 Å². The molecule has 0 spiro atoms. The lowest BCUT2D eigenvalue weighted by molar-refractivity contribution is 0.289. The number of nitrogens with one attached hydrogen (secondary N) is 2. The molecule has 1 heterocycles. The third-order valence-electron chi connectivity index (χ3n) is 4.15. The highest BCUT2D eigenvalue weighted by molar-refractivity contribution is 7.89. The molecule has 0 aliphatic rings. The van der Waals surface area contributed by atoms with Crippen molar-refractivity contribution in [3.05, 3.63) is 53.6 Å². The minimum atomic E-state index is -3.67. The third-order valence-corrected chi connectivity index (χ3v) is 5.61. The number of aromatic amines is 1. The summed E-state index contributed by atoms with van der Waals surface area (Å²) in [6.07, 6.45) is 1.86. The number of aryl methyl sites for hydroxylation is 1. The SMILES string of the molecule is Cc1cccc2[nH]c(O)c(C=Nc3cccc(S(=O)(=O)NCCCO)c3)c12. The molecule has 7 nitrogen and oxygen atoms in total. The zero-order valence-corrected chi connectivity index (χ0v) is 15.6. The summed E-state index contributed by atoms with van der Waals surface area (Å²) >= 11 is 0. The number of nitrogens with zero attached hydrogens (tertiary/aromatic N) is 1. The van der Waals surface area contributed by atoms with Crippen molar-refractivity contribution in [1.82, 2.24) is 9.71 Å². The van der Waals surface area contributed by atoms with Crippen LogP contribution in [0.2, 0.25) is 0 Å². The minimum absolute atomic E-state index is 0.0116. The van der Waals surface area contributed by atoms with Gasteiger partial charge < -0.3 is 15.2 Å². The average molecular weight is 387 g/mol. The van der Waals surface area contributed by atoms with Gasteiger partial charge in [-0.1, -0.05) is 18.2 Å². The lowest BCUT2D eigenvalue weighted by atomic mass is 10.1. The Hall–Kier alpha value is -2.68. The van der Waals surface area contributed by atoms with Crippen molar-refractivity contribution >= 4 is 32.8 Å². The minimum Gasteiger partial charge on any atom is -0.494 e. The molecule has 0 atom stereocenters. The van der Waals surface area contributed by atoms with Gasteiger partial charge in [0.1, 0.15) is 0 Å². The van der Waals surface area contributed by atoms with Gasteiger partial charge in [0.25, 0.3) is 0 Å². The van der Waals surface area contributed by atoms with Gasteiger partial charge in [-0.25, -0.2) is 13.1 Å². The number of hydrogen-bond donors (Lipinski definition) is 4. The highest BCUT2D eigenvalue weighted by atomic mass is 32.2. The fourth-order valence-electron chi connectivity index (χ4n) is 2.81. The molecule has 0 saturated heterocycles. The summed E-state index contributed by atoms with van der Waals surface area (Å²) < 4.78 is 27.0. The number of aliphatic hydroxyl groups excluding tert-OH is 1. The number of aromatic hydroxyl groups is 1. The van der Waals surface area contributed by atoms with Gasteiger partial charge in [0.15, 0.2) is 5.88 Å². The average Bonchev–Trinajstić information content (AvgIpc) is 2.97. The van der Waals surface area contributed by atoms with Crippen LogP contribution in [0.5, 0.6) is 5.88 Å². The molecule has 0 amide bonds. The summed E-state index contributed by atoms with van der Waals surface area (Å²) in [4.78, 5) is 7.33. The largest absolute Gasteiger partial charge is 0.494 e. The van der Waals surface area contributed by atoms with Gasteiger partial charge in [0.2, 0.25) is 10.0 Å². The van der Waals surface area contributed by atoms with Crippen LogP contribution >= 0.6 is 0 Å². The van der Waals surface area contributed by atoms with E-state index in [1.807, 2.05) is 25.1 Å². The van der Waals surface area contributed by atoms with E-state index < -0.39 is 10.0 Å². The van der Waals surface area contributed by atoms with Crippen LogP contribution in [0.3, 0.4) is 0 Å². The maximum absolute atomic E-state index is 12.3. The fraction of sp³-hybridized carbons (Fsp3) is 0.211.